The van der Waals surface area contributed by atoms with Crippen LogP contribution in [0.25, 0.3) is 17.1 Å². The molecule has 7 aromatic rings. The summed E-state index contributed by atoms with van der Waals surface area (Å²) in [6.07, 6.45) is 4.07. The molecular weight excluding hydrogens is 633 g/mol. The molecule has 0 radical (unpaired) electrons. The molecule has 258 valence electrons. The first-order valence-corrected chi connectivity index (χ1v) is 18.4. The van der Waals surface area contributed by atoms with Crippen molar-refractivity contribution in [3.63, 3.8) is 0 Å². The minimum Gasteiger partial charge on any atom is -0.355 e. The molecule has 0 N–H and O–H groups in total. The summed E-state index contributed by atoms with van der Waals surface area (Å²) in [6, 6.07) is 55.6. The summed E-state index contributed by atoms with van der Waals surface area (Å²) in [7, 11) is 2.17. The smallest absolute Gasteiger partial charge is 0.144 e. The summed E-state index contributed by atoms with van der Waals surface area (Å²) >= 11 is 0. The van der Waals surface area contributed by atoms with Gasteiger partial charge in [-0.25, -0.2) is 4.98 Å². The molecule has 0 saturated carbocycles. The molecule has 0 fully saturated rings. The molecule has 0 atom stereocenters. The molecule has 0 saturated heterocycles. The van der Waals surface area contributed by atoms with Gasteiger partial charge in [0.25, 0.3) is 0 Å². The van der Waals surface area contributed by atoms with Gasteiger partial charge in [-0.2, -0.15) is 0 Å². The molecule has 1 aromatic heterocycles. The Morgan fingerprint density at radius 1 is 0.558 bits per heavy atom. The number of nitrogens with zero attached hydrogens (tertiary/aromatic N) is 4. The van der Waals surface area contributed by atoms with Crippen LogP contribution in [0.3, 0.4) is 0 Å². The highest BCUT2D eigenvalue weighted by Crippen LogP contribution is 2.48. The van der Waals surface area contributed by atoms with Crippen LogP contribution in [0.1, 0.15) is 72.9 Å². The molecule has 2 heterocycles. The molecule has 0 spiro atoms. The zero-order valence-corrected chi connectivity index (χ0v) is 30.7. The van der Waals surface area contributed by atoms with E-state index in [1.165, 1.54) is 56.1 Å². The van der Waals surface area contributed by atoms with Crippen LogP contribution >= 0.6 is 0 Å². The minimum absolute atomic E-state index is 0.369. The van der Waals surface area contributed by atoms with Gasteiger partial charge in [-0.3, -0.25) is 4.57 Å². The maximum Gasteiger partial charge on any atom is 0.144 e. The van der Waals surface area contributed by atoms with Crippen LogP contribution in [-0.4, -0.2) is 23.3 Å². The van der Waals surface area contributed by atoms with E-state index < -0.39 is 5.41 Å². The van der Waals surface area contributed by atoms with Crippen LogP contribution in [0, 0.1) is 0 Å². The molecule has 4 heteroatoms. The third-order valence-electron chi connectivity index (χ3n) is 10.7. The maximum atomic E-state index is 5.05. The van der Waals surface area contributed by atoms with E-state index in [1.54, 1.807) is 0 Å². The number of imidazole rings is 1. The number of para-hydroxylation sites is 3. The molecule has 6 aromatic carbocycles. The average molecular weight is 679 g/mol. The van der Waals surface area contributed by atoms with Crippen molar-refractivity contribution in [1.29, 1.82) is 0 Å². The van der Waals surface area contributed by atoms with Crippen molar-refractivity contribution >= 4 is 17.1 Å². The molecule has 4 nitrogen and oxygen atoms in total. The molecule has 1 aliphatic rings. The van der Waals surface area contributed by atoms with E-state index in [1.807, 2.05) is 6.20 Å². The highest BCUT2D eigenvalue weighted by molar-refractivity contribution is 5.82. The third kappa shape index (κ3) is 5.59. The van der Waals surface area contributed by atoms with Crippen molar-refractivity contribution in [2.24, 2.45) is 0 Å². The van der Waals surface area contributed by atoms with Gasteiger partial charge < -0.3 is 9.80 Å². The van der Waals surface area contributed by atoms with Gasteiger partial charge in [-0.15, -0.1) is 0 Å². The number of hydrogen-bond acceptors (Lipinski definition) is 3. The second kappa shape index (κ2) is 13.7. The van der Waals surface area contributed by atoms with Crippen LogP contribution in [0.4, 0.5) is 17.1 Å². The number of anilines is 3. The average Bonchev–Trinajstić information content (AvgIpc) is 3.81. The predicted molar refractivity (Wildman–Crippen MR) is 217 cm³/mol. The Morgan fingerprint density at radius 3 is 1.73 bits per heavy atom. The Labute approximate surface area is 308 Å². The standard InChI is InChI=1S/C48H46N4/c1-34(2)42-25-16-26-43(35(3)4)46(42)51-30-29-49-47(51)36-17-14-22-39(31-36)48(37-18-8-6-9-19-37,38-20-10-7-11-21-38)40-23-15-24-41(32-40)52-33-50(5)44-27-12-13-28-45(44)52/h6-32,34-35H,33H2,1-5H3. The molecule has 52 heavy (non-hydrogen) atoms. The Balaban J connectivity index is 1.36. The number of benzene rings is 6. The van der Waals surface area contributed by atoms with E-state index in [0.717, 1.165) is 18.1 Å². The Bertz CT molecular complexity index is 2250. The highest BCUT2D eigenvalue weighted by atomic mass is 15.4. The summed E-state index contributed by atoms with van der Waals surface area (Å²) in [6.45, 7) is 9.91. The predicted octanol–water partition coefficient (Wildman–Crippen LogP) is 11.7. The minimum atomic E-state index is -0.615. The first-order valence-electron chi connectivity index (χ1n) is 18.4. The second-order valence-electron chi connectivity index (χ2n) is 14.6. The van der Waals surface area contributed by atoms with Gasteiger partial charge in [0.2, 0.25) is 0 Å². The summed E-state index contributed by atoms with van der Waals surface area (Å²) in [5.41, 5.74) is 12.8. The monoisotopic (exact) mass is 678 g/mol. The van der Waals surface area contributed by atoms with E-state index in [-0.39, 0.29) is 0 Å². The molecule has 0 bridgehead atoms. The van der Waals surface area contributed by atoms with E-state index in [4.69, 9.17) is 4.98 Å². The number of rotatable bonds is 9. The van der Waals surface area contributed by atoms with Gasteiger partial charge >= 0.3 is 0 Å². The number of aromatic nitrogens is 2. The highest BCUT2D eigenvalue weighted by Gasteiger charge is 2.39. The van der Waals surface area contributed by atoms with E-state index in [9.17, 15) is 0 Å². The van der Waals surface area contributed by atoms with Crippen molar-refractivity contribution in [3.05, 3.63) is 197 Å². The summed E-state index contributed by atoms with van der Waals surface area (Å²) in [4.78, 5) is 9.79. The fourth-order valence-corrected chi connectivity index (χ4v) is 8.26. The van der Waals surface area contributed by atoms with Gasteiger partial charge in [0.15, 0.2) is 0 Å². The van der Waals surface area contributed by atoms with Crippen molar-refractivity contribution < 1.29 is 0 Å². The lowest BCUT2D eigenvalue weighted by molar-refractivity contribution is 0.744. The Kier molecular flexibility index (Phi) is 8.76. The molecule has 0 amide bonds. The lowest BCUT2D eigenvalue weighted by Gasteiger charge is -2.37. The van der Waals surface area contributed by atoms with Gasteiger partial charge in [0, 0.05) is 30.7 Å². The van der Waals surface area contributed by atoms with Crippen molar-refractivity contribution in [2.75, 3.05) is 23.5 Å². The summed E-state index contributed by atoms with van der Waals surface area (Å²) in [5.74, 6) is 1.68. The van der Waals surface area contributed by atoms with Crippen molar-refractivity contribution in [3.8, 4) is 17.1 Å². The van der Waals surface area contributed by atoms with Crippen LogP contribution < -0.4 is 9.80 Å². The zero-order valence-electron chi connectivity index (χ0n) is 30.7. The van der Waals surface area contributed by atoms with Gasteiger partial charge in [0.05, 0.1) is 29.1 Å². The van der Waals surface area contributed by atoms with E-state index in [0.29, 0.717) is 11.8 Å². The van der Waals surface area contributed by atoms with Crippen LogP contribution in [-0.2, 0) is 5.41 Å². The summed E-state index contributed by atoms with van der Waals surface area (Å²) < 4.78 is 2.32. The largest absolute Gasteiger partial charge is 0.355 e. The van der Waals surface area contributed by atoms with E-state index in [2.05, 4.69) is 207 Å². The normalized spacial score (nSPS) is 12.9. The number of fused-ring (bicyclic) bond motifs is 1. The third-order valence-corrected chi connectivity index (χ3v) is 10.7. The number of hydrogen-bond donors (Lipinski definition) is 0. The second-order valence-corrected chi connectivity index (χ2v) is 14.6. The van der Waals surface area contributed by atoms with Gasteiger partial charge in [-0.1, -0.05) is 149 Å². The SMILES string of the molecule is CC(C)c1cccc(C(C)C)c1-n1ccnc1-c1cccc(C(c2ccccc2)(c2ccccc2)c2cccc(N3CN(C)c4ccccc43)c2)c1. The van der Waals surface area contributed by atoms with Crippen molar-refractivity contribution in [1.82, 2.24) is 9.55 Å². The summed E-state index contributed by atoms with van der Waals surface area (Å²) in [5, 5.41) is 0. The fourth-order valence-electron chi connectivity index (χ4n) is 8.26. The van der Waals surface area contributed by atoms with Gasteiger partial charge in [-0.05, 0) is 75.5 Å². The van der Waals surface area contributed by atoms with Crippen LogP contribution in [0.2, 0.25) is 0 Å². The van der Waals surface area contributed by atoms with Crippen LogP contribution in [0.15, 0.2) is 164 Å². The Morgan fingerprint density at radius 2 is 1.10 bits per heavy atom. The molecule has 0 aliphatic carbocycles. The van der Waals surface area contributed by atoms with Gasteiger partial charge in [0.1, 0.15) is 5.82 Å². The quantitative estimate of drug-likeness (QED) is 0.142. The first kappa shape index (κ1) is 33.3. The topological polar surface area (TPSA) is 24.3 Å². The zero-order chi connectivity index (χ0) is 35.8. The molecule has 8 rings (SSSR count). The van der Waals surface area contributed by atoms with Crippen molar-refractivity contribution in [2.45, 2.75) is 44.9 Å². The molecule has 0 unspecified atom stereocenters. The van der Waals surface area contributed by atoms with E-state index >= 15 is 0 Å². The lowest BCUT2D eigenvalue weighted by Crippen LogP contribution is -2.31. The maximum absolute atomic E-state index is 5.05. The molecular formula is C48H46N4. The first-order chi connectivity index (χ1) is 25.4. The lowest BCUT2D eigenvalue weighted by atomic mass is 9.65. The Hall–Kier alpha value is -5.87. The van der Waals surface area contributed by atoms with Crippen LogP contribution in [0.5, 0.6) is 0 Å². The molecule has 1 aliphatic heterocycles. The fraction of sp³-hybridized carbons (Fsp3) is 0.188.